The van der Waals surface area contributed by atoms with Gasteiger partial charge in [0.05, 0.1) is 11.3 Å². The van der Waals surface area contributed by atoms with Gasteiger partial charge in [0, 0.05) is 31.9 Å². The number of hydrogen-bond donors (Lipinski definition) is 1. The number of benzene rings is 1. The Balaban J connectivity index is 2.25. The monoisotopic (exact) mass is 341 g/mol. The molecule has 0 atom stereocenters. The Morgan fingerprint density at radius 2 is 1.92 bits per heavy atom. The fraction of sp³-hybridized carbons (Fsp3) is 0.471. The van der Waals surface area contributed by atoms with E-state index in [1.807, 2.05) is 18.9 Å². The number of anilines is 2. The second-order valence-corrected chi connectivity index (χ2v) is 5.82. The number of allylic oxidation sites excluding steroid dienone is 1. The van der Waals surface area contributed by atoms with Gasteiger partial charge in [0.15, 0.2) is 0 Å². The second-order valence-electron chi connectivity index (χ2n) is 5.82. The summed E-state index contributed by atoms with van der Waals surface area (Å²) < 4.78 is 40.1. The quantitative estimate of drug-likeness (QED) is 0.853. The lowest BCUT2D eigenvalue weighted by atomic mass is 10.1. The zero-order chi connectivity index (χ0) is 17.7. The van der Waals surface area contributed by atoms with Crippen LogP contribution in [0, 0.1) is 0 Å². The largest absolute Gasteiger partial charge is 0.418 e. The van der Waals surface area contributed by atoms with E-state index in [9.17, 15) is 18.0 Å². The third kappa shape index (κ3) is 4.74. The summed E-state index contributed by atoms with van der Waals surface area (Å²) in [5.74, 6) is -0.560. The molecular formula is C17H22F3N3O. The molecule has 0 aliphatic carbocycles. The summed E-state index contributed by atoms with van der Waals surface area (Å²) in [6, 6.07) is 4.07. The van der Waals surface area contributed by atoms with Crippen LogP contribution < -0.4 is 10.2 Å². The number of nitrogens with one attached hydrogen (secondary N) is 1. The molecule has 1 aliphatic rings. The first-order valence-electron chi connectivity index (χ1n) is 7.93. The molecule has 1 saturated heterocycles. The number of amides is 1. The number of nitrogens with zero attached hydrogens (tertiary/aromatic N) is 2. The third-order valence-corrected chi connectivity index (χ3v) is 3.94. The third-order valence-electron chi connectivity index (χ3n) is 3.94. The molecule has 0 spiro atoms. The molecule has 1 aliphatic heterocycles. The molecule has 24 heavy (non-hydrogen) atoms. The van der Waals surface area contributed by atoms with Gasteiger partial charge in [-0.1, -0.05) is 13.0 Å². The Morgan fingerprint density at radius 3 is 2.50 bits per heavy atom. The molecule has 132 valence electrons. The lowest BCUT2D eigenvalue weighted by molar-refractivity contribution is -0.136. The summed E-state index contributed by atoms with van der Waals surface area (Å²) >= 11 is 0. The van der Waals surface area contributed by atoms with Gasteiger partial charge in [0.2, 0.25) is 5.91 Å². The minimum absolute atomic E-state index is 0.217. The molecule has 4 nitrogen and oxygen atoms in total. The fourth-order valence-corrected chi connectivity index (χ4v) is 2.54. The van der Waals surface area contributed by atoms with Gasteiger partial charge in [-0.3, -0.25) is 4.79 Å². The summed E-state index contributed by atoms with van der Waals surface area (Å²) in [6.45, 7) is 4.82. The van der Waals surface area contributed by atoms with E-state index in [0.717, 1.165) is 19.2 Å². The average molecular weight is 341 g/mol. The highest BCUT2D eigenvalue weighted by atomic mass is 19.4. The molecule has 1 aromatic rings. The number of halogens is 3. The van der Waals surface area contributed by atoms with Gasteiger partial charge in [-0.25, -0.2) is 0 Å². The second kappa shape index (κ2) is 7.70. The summed E-state index contributed by atoms with van der Waals surface area (Å²) in [5.41, 5.74) is -0.513. The van der Waals surface area contributed by atoms with E-state index in [1.165, 1.54) is 12.1 Å². The van der Waals surface area contributed by atoms with E-state index in [0.29, 0.717) is 25.2 Å². The SMILES string of the molecule is CCC=CC(=O)Nc1ccc(N2CCN(C)CC2)cc1C(F)(F)F. The first-order chi connectivity index (χ1) is 11.3. The van der Waals surface area contributed by atoms with Crippen LogP contribution in [0.15, 0.2) is 30.4 Å². The van der Waals surface area contributed by atoms with Crippen LogP contribution in [-0.4, -0.2) is 44.0 Å². The zero-order valence-corrected chi connectivity index (χ0v) is 13.9. The minimum Gasteiger partial charge on any atom is -0.369 e. The Kier molecular flexibility index (Phi) is 5.88. The first-order valence-corrected chi connectivity index (χ1v) is 7.93. The average Bonchev–Trinajstić information content (AvgIpc) is 2.53. The van der Waals surface area contributed by atoms with Crippen LogP contribution in [0.25, 0.3) is 0 Å². The van der Waals surface area contributed by atoms with Gasteiger partial charge in [0.25, 0.3) is 0 Å². The molecule has 1 N–H and O–H groups in total. The van der Waals surface area contributed by atoms with Gasteiger partial charge >= 0.3 is 6.18 Å². The lowest BCUT2D eigenvalue weighted by Gasteiger charge is -2.34. The van der Waals surface area contributed by atoms with Gasteiger partial charge in [-0.05, 0) is 37.7 Å². The predicted molar refractivity (Wildman–Crippen MR) is 89.2 cm³/mol. The highest BCUT2D eigenvalue weighted by Crippen LogP contribution is 2.37. The van der Waals surface area contributed by atoms with Crippen LogP contribution in [0.5, 0.6) is 0 Å². The molecule has 0 saturated carbocycles. The van der Waals surface area contributed by atoms with Crippen molar-refractivity contribution in [1.29, 1.82) is 0 Å². The van der Waals surface area contributed by atoms with E-state index in [2.05, 4.69) is 10.2 Å². The Bertz CT molecular complexity index is 606. The number of rotatable bonds is 4. The molecule has 1 fully saturated rings. The maximum absolute atomic E-state index is 13.4. The van der Waals surface area contributed by atoms with Crippen molar-refractivity contribution in [1.82, 2.24) is 4.90 Å². The van der Waals surface area contributed by atoms with E-state index >= 15 is 0 Å². The summed E-state index contributed by atoms with van der Waals surface area (Å²) in [4.78, 5) is 15.8. The molecule has 1 amide bonds. The number of carbonyl (C=O) groups is 1. The van der Waals surface area contributed by atoms with Crippen molar-refractivity contribution in [3.05, 3.63) is 35.9 Å². The van der Waals surface area contributed by atoms with Crippen molar-refractivity contribution >= 4 is 17.3 Å². The zero-order valence-electron chi connectivity index (χ0n) is 13.9. The van der Waals surface area contributed by atoms with Crippen LogP contribution in [0.1, 0.15) is 18.9 Å². The van der Waals surface area contributed by atoms with Crippen LogP contribution in [0.3, 0.4) is 0 Å². The summed E-state index contributed by atoms with van der Waals surface area (Å²) in [6.07, 6.45) is -1.04. The Morgan fingerprint density at radius 1 is 1.25 bits per heavy atom. The maximum Gasteiger partial charge on any atom is 0.418 e. The molecule has 2 rings (SSSR count). The van der Waals surface area contributed by atoms with Crippen molar-refractivity contribution < 1.29 is 18.0 Å². The smallest absolute Gasteiger partial charge is 0.369 e. The van der Waals surface area contributed by atoms with Gasteiger partial charge < -0.3 is 15.1 Å². The molecular weight excluding hydrogens is 319 g/mol. The number of carbonyl (C=O) groups excluding carboxylic acids is 1. The number of hydrogen-bond acceptors (Lipinski definition) is 3. The van der Waals surface area contributed by atoms with Crippen molar-refractivity contribution in [2.75, 3.05) is 43.4 Å². The predicted octanol–water partition coefficient (Wildman–Crippen LogP) is 3.36. The lowest BCUT2D eigenvalue weighted by Crippen LogP contribution is -2.44. The van der Waals surface area contributed by atoms with E-state index in [1.54, 1.807) is 12.1 Å². The van der Waals surface area contributed by atoms with Gasteiger partial charge in [-0.2, -0.15) is 13.2 Å². The highest BCUT2D eigenvalue weighted by molar-refractivity contribution is 6.00. The van der Waals surface area contributed by atoms with Crippen LogP contribution in [0.4, 0.5) is 24.5 Å². The van der Waals surface area contributed by atoms with Crippen molar-refractivity contribution in [2.45, 2.75) is 19.5 Å². The van der Waals surface area contributed by atoms with Crippen LogP contribution in [-0.2, 0) is 11.0 Å². The minimum atomic E-state index is -4.53. The fourth-order valence-electron chi connectivity index (χ4n) is 2.54. The summed E-state index contributed by atoms with van der Waals surface area (Å²) in [5, 5.41) is 2.32. The van der Waals surface area contributed by atoms with E-state index in [4.69, 9.17) is 0 Å². The molecule has 0 unspecified atom stereocenters. The van der Waals surface area contributed by atoms with Crippen LogP contribution >= 0.6 is 0 Å². The molecule has 0 aromatic heterocycles. The van der Waals surface area contributed by atoms with E-state index < -0.39 is 17.6 Å². The Hall–Kier alpha value is -2.02. The standard InChI is InChI=1S/C17H22F3N3O/c1-3-4-5-16(24)21-15-7-6-13(12-14(15)17(18,19)20)23-10-8-22(2)9-11-23/h4-7,12H,3,8-11H2,1-2H3,(H,21,24). The van der Waals surface area contributed by atoms with Gasteiger partial charge in [0.1, 0.15) is 0 Å². The first kappa shape index (κ1) is 18.3. The Labute approximate surface area is 139 Å². The van der Waals surface area contributed by atoms with Crippen molar-refractivity contribution in [3.63, 3.8) is 0 Å². The maximum atomic E-state index is 13.4. The van der Waals surface area contributed by atoms with Crippen molar-refractivity contribution in [3.8, 4) is 0 Å². The number of piperazine rings is 1. The van der Waals surface area contributed by atoms with Crippen LogP contribution in [0.2, 0.25) is 0 Å². The molecule has 1 heterocycles. The normalized spacial score (nSPS) is 16.6. The number of alkyl halides is 3. The molecule has 0 bridgehead atoms. The molecule has 0 radical (unpaired) electrons. The molecule has 1 aromatic carbocycles. The topological polar surface area (TPSA) is 35.6 Å². The van der Waals surface area contributed by atoms with Gasteiger partial charge in [-0.15, -0.1) is 0 Å². The summed E-state index contributed by atoms with van der Waals surface area (Å²) in [7, 11) is 1.99. The number of likely N-dealkylation sites (N-methyl/N-ethyl adjacent to an activating group) is 1. The molecule has 7 heteroatoms. The van der Waals surface area contributed by atoms with Crippen molar-refractivity contribution in [2.24, 2.45) is 0 Å². The van der Waals surface area contributed by atoms with E-state index in [-0.39, 0.29) is 5.69 Å². The highest BCUT2D eigenvalue weighted by Gasteiger charge is 2.34.